The molecule has 1 fully saturated rings. The Kier molecular flexibility index (Phi) is 3.59. The molecule has 0 unspecified atom stereocenters. The van der Waals surface area contributed by atoms with Crippen molar-refractivity contribution in [3.05, 3.63) is 18.2 Å². The maximum atomic E-state index is 12.2. The van der Waals surface area contributed by atoms with Gasteiger partial charge >= 0.3 is 0 Å². The summed E-state index contributed by atoms with van der Waals surface area (Å²) in [5.41, 5.74) is 7.45. The van der Waals surface area contributed by atoms with E-state index in [2.05, 4.69) is 29.0 Å². The summed E-state index contributed by atoms with van der Waals surface area (Å²) >= 11 is 1.46. The Hall–Kier alpha value is -1.66. The van der Waals surface area contributed by atoms with Gasteiger partial charge in [0.15, 0.2) is 5.13 Å². The Bertz CT molecular complexity index is 679. The number of likely N-dealkylation sites (tertiary alicyclic amines) is 1. The van der Waals surface area contributed by atoms with Crippen molar-refractivity contribution in [3.8, 4) is 0 Å². The number of nitrogens with zero attached hydrogens (tertiary/aromatic N) is 2. The molecule has 0 aliphatic carbocycles. The molecule has 1 aliphatic rings. The van der Waals surface area contributed by atoms with Crippen LogP contribution in [0.1, 0.15) is 26.7 Å². The SMILES string of the molecule is CC1(C)CCCN1CC(=O)Nc1nc2ccc(N)cc2s1. The lowest BCUT2D eigenvalue weighted by Gasteiger charge is -2.30. The number of thiazole rings is 1. The van der Waals surface area contributed by atoms with Crippen molar-refractivity contribution in [2.45, 2.75) is 32.2 Å². The Balaban J connectivity index is 1.68. The number of aromatic nitrogens is 1. The van der Waals surface area contributed by atoms with E-state index in [0.717, 1.165) is 29.6 Å². The van der Waals surface area contributed by atoms with Gasteiger partial charge in [-0.05, 0) is 51.4 Å². The van der Waals surface area contributed by atoms with Gasteiger partial charge in [-0.1, -0.05) is 11.3 Å². The van der Waals surface area contributed by atoms with Gasteiger partial charge < -0.3 is 11.1 Å². The van der Waals surface area contributed by atoms with Gasteiger partial charge in [-0.2, -0.15) is 0 Å². The average Bonchev–Trinajstić information content (AvgIpc) is 2.92. The van der Waals surface area contributed by atoms with E-state index in [9.17, 15) is 4.79 Å². The van der Waals surface area contributed by atoms with Crippen LogP contribution in [0.15, 0.2) is 18.2 Å². The quantitative estimate of drug-likeness (QED) is 0.855. The minimum Gasteiger partial charge on any atom is -0.399 e. The van der Waals surface area contributed by atoms with Crippen molar-refractivity contribution in [3.63, 3.8) is 0 Å². The molecular formula is C15H20N4OS. The molecular weight excluding hydrogens is 284 g/mol. The van der Waals surface area contributed by atoms with Crippen molar-refractivity contribution < 1.29 is 4.79 Å². The number of carbonyl (C=O) groups is 1. The van der Waals surface area contributed by atoms with Crippen LogP contribution in [0.25, 0.3) is 10.2 Å². The minimum atomic E-state index is -0.00277. The van der Waals surface area contributed by atoms with Crippen molar-refractivity contribution in [1.29, 1.82) is 0 Å². The van der Waals surface area contributed by atoms with Crippen molar-refractivity contribution in [2.24, 2.45) is 0 Å². The standard InChI is InChI=1S/C15H20N4OS/c1-15(2)6-3-7-19(15)9-13(20)18-14-17-11-5-4-10(16)8-12(11)21-14/h4-5,8H,3,6-7,9,16H2,1-2H3,(H,17,18,20). The molecule has 21 heavy (non-hydrogen) atoms. The summed E-state index contributed by atoms with van der Waals surface area (Å²) in [5, 5.41) is 3.54. The van der Waals surface area contributed by atoms with Crippen LogP contribution in [0.2, 0.25) is 0 Å². The van der Waals surface area contributed by atoms with Crippen molar-refractivity contribution in [2.75, 3.05) is 24.1 Å². The van der Waals surface area contributed by atoms with Crippen LogP contribution in [0.5, 0.6) is 0 Å². The van der Waals surface area contributed by atoms with E-state index in [1.807, 2.05) is 18.2 Å². The first-order chi connectivity index (χ1) is 9.94. The molecule has 1 saturated heterocycles. The van der Waals surface area contributed by atoms with E-state index < -0.39 is 0 Å². The van der Waals surface area contributed by atoms with Crippen LogP contribution in [-0.2, 0) is 4.79 Å². The topological polar surface area (TPSA) is 71.2 Å². The number of nitrogens with two attached hydrogens (primary N) is 1. The van der Waals surface area contributed by atoms with E-state index in [-0.39, 0.29) is 11.4 Å². The van der Waals surface area contributed by atoms with Crippen LogP contribution >= 0.6 is 11.3 Å². The predicted octanol–water partition coefficient (Wildman–Crippen LogP) is 2.69. The minimum absolute atomic E-state index is 0.00277. The second-order valence-electron chi connectivity index (χ2n) is 6.13. The number of nitrogens with one attached hydrogen (secondary N) is 1. The number of anilines is 2. The molecule has 3 N–H and O–H groups in total. The summed E-state index contributed by atoms with van der Waals surface area (Å²) in [5.74, 6) is -0.00277. The maximum Gasteiger partial charge on any atom is 0.240 e. The van der Waals surface area contributed by atoms with Crippen LogP contribution in [0.3, 0.4) is 0 Å². The Morgan fingerprint density at radius 2 is 2.33 bits per heavy atom. The lowest BCUT2D eigenvalue weighted by Crippen LogP contribution is -2.42. The molecule has 1 aromatic carbocycles. The van der Waals surface area contributed by atoms with Crippen LogP contribution in [-0.4, -0.2) is 34.4 Å². The fraction of sp³-hybridized carbons (Fsp3) is 0.467. The Morgan fingerprint density at radius 3 is 3.05 bits per heavy atom. The highest BCUT2D eigenvalue weighted by Crippen LogP contribution is 2.29. The lowest BCUT2D eigenvalue weighted by molar-refractivity contribution is -0.118. The van der Waals surface area contributed by atoms with E-state index in [1.54, 1.807) is 0 Å². The van der Waals surface area contributed by atoms with Crippen LogP contribution < -0.4 is 11.1 Å². The molecule has 1 amide bonds. The smallest absolute Gasteiger partial charge is 0.240 e. The highest BCUT2D eigenvalue weighted by Gasteiger charge is 2.32. The molecule has 2 heterocycles. The molecule has 1 aliphatic heterocycles. The summed E-state index contributed by atoms with van der Waals surface area (Å²) < 4.78 is 0.992. The second-order valence-corrected chi connectivity index (χ2v) is 7.16. The maximum absolute atomic E-state index is 12.2. The Labute approximate surface area is 128 Å². The first kappa shape index (κ1) is 14.3. The number of hydrogen-bond acceptors (Lipinski definition) is 5. The molecule has 0 spiro atoms. The molecule has 112 valence electrons. The van der Waals surface area contributed by atoms with Crippen LogP contribution in [0, 0.1) is 0 Å². The number of benzene rings is 1. The second kappa shape index (κ2) is 5.27. The largest absolute Gasteiger partial charge is 0.399 e. The predicted molar refractivity (Wildman–Crippen MR) is 87.5 cm³/mol. The van der Waals surface area contributed by atoms with Gasteiger partial charge in [0.1, 0.15) is 0 Å². The van der Waals surface area contributed by atoms with Gasteiger partial charge in [-0.3, -0.25) is 9.69 Å². The molecule has 0 bridgehead atoms. The molecule has 2 aromatic rings. The van der Waals surface area contributed by atoms with E-state index >= 15 is 0 Å². The molecule has 1 aromatic heterocycles. The number of nitrogen functional groups attached to an aromatic ring is 1. The average molecular weight is 304 g/mol. The fourth-order valence-electron chi connectivity index (χ4n) is 2.78. The molecule has 5 nitrogen and oxygen atoms in total. The number of hydrogen-bond donors (Lipinski definition) is 2. The molecule has 0 atom stereocenters. The third kappa shape index (κ3) is 3.01. The normalized spacial score (nSPS) is 18.2. The fourth-order valence-corrected chi connectivity index (χ4v) is 3.71. The van der Waals surface area contributed by atoms with Gasteiger partial charge in [-0.25, -0.2) is 4.98 Å². The first-order valence-corrected chi connectivity index (χ1v) is 7.97. The molecule has 3 rings (SSSR count). The Morgan fingerprint density at radius 1 is 1.52 bits per heavy atom. The van der Waals surface area contributed by atoms with Crippen molar-refractivity contribution in [1.82, 2.24) is 9.88 Å². The highest BCUT2D eigenvalue weighted by molar-refractivity contribution is 7.22. The lowest BCUT2D eigenvalue weighted by atomic mass is 10.0. The van der Waals surface area contributed by atoms with Gasteiger partial charge in [0.25, 0.3) is 0 Å². The summed E-state index contributed by atoms with van der Waals surface area (Å²) in [7, 11) is 0. The molecule has 0 saturated carbocycles. The summed E-state index contributed by atoms with van der Waals surface area (Å²) in [6, 6.07) is 5.58. The van der Waals surface area contributed by atoms with Crippen molar-refractivity contribution >= 4 is 38.3 Å². The van der Waals surface area contributed by atoms with Gasteiger partial charge in [0, 0.05) is 11.2 Å². The zero-order valence-corrected chi connectivity index (χ0v) is 13.2. The van der Waals surface area contributed by atoms with Gasteiger partial charge in [0.2, 0.25) is 5.91 Å². The highest BCUT2D eigenvalue weighted by atomic mass is 32.1. The first-order valence-electron chi connectivity index (χ1n) is 7.15. The number of rotatable bonds is 3. The van der Waals surface area contributed by atoms with Crippen LogP contribution in [0.4, 0.5) is 10.8 Å². The van der Waals surface area contributed by atoms with Gasteiger partial charge in [0.05, 0.1) is 16.8 Å². The zero-order chi connectivity index (χ0) is 15.0. The number of fused-ring (bicyclic) bond motifs is 1. The monoisotopic (exact) mass is 304 g/mol. The molecule has 6 heteroatoms. The van der Waals surface area contributed by atoms with E-state index in [0.29, 0.717) is 17.4 Å². The third-order valence-corrected chi connectivity index (χ3v) is 5.00. The third-order valence-electron chi connectivity index (χ3n) is 4.07. The van der Waals surface area contributed by atoms with E-state index in [1.165, 1.54) is 11.3 Å². The van der Waals surface area contributed by atoms with E-state index in [4.69, 9.17) is 5.73 Å². The number of amides is 1. The number of carbonyl (C=O) groups excluding carboxylic acids is 1. The molecule has 0 radical (unpaired) electrons. The summed E-state index contributed by atoms with van der Waals surface area (Å²) in [4.78, 5) is 18.8. The summed E-state index contributed by atoms with van der Waals surface area (Å²) in [6.07, 6.45) is 2.29. The zero-order valence-electron chi connectivity index (χ0n) is 12.3. The van der Waals surface area contributed by atoms with Gasteiger partial charge in [-0.15, -0.1) is 0 Å². The summed E-state index contributed by atoms with van der Waals surface area (Å²) in [6.45, 7) is 5.78.